The number of carbonyl (C=O) groups excluding carboxylic acids is 1. The largest absolute Gasteiger partial charge is 0.481 e. The fourth-order valence-corrected chi connectivity index (χ4v) is 2.65. The lowest BCUT2D eigenvalue weighted by atomic mass is 10.1. The van der Waals surface area contributed by atoms with Gasteiger partial charge >= 0.3 is 0 Å². The van der Waals surface area contributed by atoms with Crippen LogP contribution < -0.4 is 15.6 Å². The molecule has 1 aromatic carbocycles. The van der Waals surface area contributed by atoms with Crippen LogP contribution in [0.4, 0.5) is 5.69 Å². The van der Waals surface area contributed by atoms with Crippen LogP contribution in [0.2, 0.25) is 0 Å². The molecular weight excluding hydrogens is 318 g/mol. The molecule has 0 saturated carbocycles. The second kappa shape index (κ2) is 7.17. The number of hydrogen-bond acceptors (Lipinski definition) is 4. The first-order valence-corrected chi connectivity index (χ1v) is 8.08. The molecule has 0 saturated heterocycles. The van der Waals surface area contributed by atoms with Crippen molar-refractivity contribution in [1.82, 2.24) is 9.55 Å². The molecule has 6 heteroatoms. The normalized spacial score (nSPS) is 10.6. The number of amides is 1. The van der Waals surface area contributed by atoms with Gasteiger partial charge in [-0.2, -0.15) is 0 Å². The van der Waals surface area contributed by atoms with E-state index < -0.39 is 0 Å². The number of methoxy groups -OCH3 is 1. The molecule has 128 valence electrons. The number of benzene rings is 1. The van der Waals surface area contributed by atoms with Gasteiger partial charge < -0.3 is 14.6 Å². The number of hydrogen-bond donors (Lipinski definition) is 1. The summed E-state index contributed by atoms with van der Waals surface area (Å²) >= 11 is 0. The summed E-state index contributed by atoms with van der Waals surface area (Å²) in [5.74, 6) is 0.0463. The van der Waals surface area contributed by atoms with E-state index in [1.165, 1.54) is 13.2 Å². The van der Waals surface area contributed by atoms with E-state index >= 15 is 0 Å². The Morgan fingerprint density at radius 1 is 1.24 bits per heavy atom. The summed E-state index contributed by atoms with van der Waals surface area (Å²) in [5, 5.41) is 4.50. The Labute approximate surface area is 145 Å². The van der Waals surface area contributed by atoms with Crippen LogP contribution in [0.5, 0.6) is 5.88 Å². The van der Waals surface area contributed by atoms with Crippen LogP contribution in [0, 0.1) is 0 Å². The molecule has 3 rings (SSSR count). The molecule has 0 aliphatic rings. The zero-order chi connectivity index (χ0) is 17.8. The highest BCUT2D eigenvalue weighted by Crippen LogP contribution is 2.24. The maximum absolute atomic E-state index is 12.6. The van der Waals surface area contributed by atoms with Crippen LogP contribution >= 0.6 is 0 Å². The molecule has 2 aromatic heterocycles. The van der Waals surface area contributed by atoms with Crippen molar-refractivity contribution in [3.63, 3.8) is 0 Å². The lowest BCUT2D eigenvalue weighted by Gasteiger charge is -2.10. The minimum atomic E-state index is -0.356. The predicted molar refractivity (Wildman–Crippen MR) is 97.2 cm³/mol. The van der Waals surface area contributed by atoms with Gasteiger partial charge in [0.15, 0.2) is 0 Å². The van der Waals surface area contributed by atoms with Gasteiger partial charge in [0, 0.05) is 24.2 Å². The lowest BCUT2D eigenvalue weighted by Crippen LogP contribution is -2.21. The van der Waals surface area contributed by atoms with Gasteiger partial charge in [0.25, 0.3) is 11.5 Å². The number of ether oxygens (including phenoxy) is 1. The quantitative estimate of drug-likeness (QED) is 0.776. The van der Waals surface area contributed by atoms with Crippen molar-refractivity contribution in [3.8, 4) is 5.88 Å². The first-order valence-electron chi connectivity index (χ1n) is 8.08. The van der Waals surface area contributed by atoms with Gasteiger partial charge in [-0.3, -0.25) is 9.59 Å². The van der Waals surface area contributed by atoms with Crippen molar-refractivity contribution in [2.75, 3.05) is 12.4 Å². The van der Waals surface area contributed by atoms with Gasteiger partial charge in [-0.05, 0) is 30.0 Å². The van der Waals surface area contributed by atoms with Crippen molar-refractivity contribution in [3.05, 3.63) is 64.7 Å². The second-order valence-corrected chi connectivity index (χ2v) is 5.64. The van der Waals surface area contributed by atoms with E-state index in [2.05, 4.69) is 10.3 Å². The van der Waals surface area contributed by atoms with E-state index in [9.17, 15) is 9.59 Å². The topological polar surface area (TPSA) is 73.2 Å². The molecule has 1 N–H and O–H groups in total. The van der Waals surface area contributed by atoms with Gasteiger partial charge in [0.1, 0.15) is 5.69 Å². The molecular formula is C19H19N3O3. The van der Waals surface area contributed by atoms with Crippen LogP contribution in [0.1, 0.15) is 23.8 Å². The number of aryl methyl sites for hydroxylation is 1. The Hall–Kier alpha value is -3.15. The zero-order valence-corrected chi connectivity index (χ0v) is 14.2. The summed E-state index contributed by atoms with van der Waals surface area (Å²) in [6.07, 6.45) is 2.47. The van der Waals surface area contributed by atoms with E-state index in [4.69, 9.17) is 4.74 Å². The van der Waals surface area contributed by atoms with Crippen molar-refractivity contribution < 1.29 is 9.53 Å². The van der Waals surface area contributed by atoms with Crippen LogP contribution in [0.3, 0.4) is 0 Å². The lowest BCUT2D eigenvalue weighted by molar-refractivity contribution is 0.102. The van der Waals surface area contributed by atoms with Crippen LogP contribution in [-0.2, 0) is 6.54 Å². The molecule has 0 fully saturated rings. The molecule has 6 nitrogen and oxygen atoms in total. The van der Waals surface area contributed by atoms with E-state index in [0.717, 1.165) is 17.2 Å². The van der Waals surface area contributed by atoms with Crippen molar-refractivity contribution in [2.24, 2.45) is 0 Å². The van der Waals surface area contributed by atoms with Crippen LogP contribution in [0.15, 0.2) is 53.5 Å². The van der Waals surface area contributed by atoms with Crippen molar-refractivity contribution in [2.45, 2.75) is 19.9 Å². The summed E-state index contributed by atoms with van der Waals surface area (Å²) in [6, 6.07) is 12.3. The van der Waals surface area contributed by atoms with E-state index in [0.29, 0.717) is 18.1 Å². The number of aromatic nitrogens is 2. The Morgan fingerprint density at radius 3 is 2.80 bits per heavy atom. The highest BCUT2D eigenvalue weighted by molar-refractivity contribution is 6.05. The Morgan fingerprint density at radius 2 is 2.04 bits per heavy atom. The number of carbonyl (C=O) groups is 1. The summed E-state index contributed by atoms with van der Waals surface area (Å²) in [7, 11) is 1.52. The number of fused-ring (bicyclic) bond motifs is 1. The third-order valence-corrected chi connectivity index (χ3v) is 3.84. The SMILES string of the molecule is CCCn1cc(NC(=O)c2cc3ccccc3c(OC)n2)ccc1=O. The molecule has 0 bridgehead atoms. The summed E-state index contributed by atoms with van der Waals surface area (Å²) in [5.41, 5.74) is 0.709. The number of anilines is 1. The first kappa shape index (κ1) is 16.7. The van der Waals surface area contributed by atoms with Gasteiger partial charge in [-0.15, -0.1) is 0 Å². The fourth-order valence-electron chi connectivity index (χ4n) is 2.65. The highest BCUT2D eigenvalue weighted by Gasteiger charge is 2.13. The Balaban J connectivity index is 1.92. The van der Waals surface area contributed by atoms with Crippen LogP contribution in [-0.4, -0.2) is 22.6 Å². The maximum Gasteiger partial charge on any atom is 0.274 e. The molecule has 1 amide bonds. The molecule has 0 aliphatic heterocycles. The van der Waals surface area contributed by atoms with E-state index in [1.54, 1.807) is 22.9 Å². The molecule has 0 unspecified atom stereocenters. The molecule has 25 heavy (non-hydrogen) atoms. The summed E-state index contributed by atoms with van der Waals surface area (Å²) in [6.45, 7) is 2.59. The Bertz CT molecular complexity index is 979. The standard InChI is InChI=1S/C19H19N3O3/c1-3-10-22-12-14(8-9-17(22)23)20-18(24)16-11-13-6-4-5-7-15(13)19(21-16)25-2/h4-9,11-12H,3,10H2,1-2H3,(H,20,24). The minimum absolute atomic E-state index is 0.0923. The van der Waals surface area contributed by atoms with Gasteiger partial charge in [-0.1, -0.05) is 25.1 Å². The summed E-state index contributed by atoms with van der Waals surface area (Å²) < 4.78 is 6.87. The van der Waals surface area contributed by atoms with E-state index in [1.807, 2.05) is 31.2 Å². The van der Waals surface area contributed by atoms with Crippen molar-refractivity contribution in [1.29, 1.82) is 0 Å². The molecule has 0 spiro atoms. The molecule has 0 radical (unpaired) electrons. The number of nitrogens with zero attached hydrogens (tertiary/aromatic N) is 2. The first-order chi connectivity index (χ1) is 12.1. The van der Waals surface area contributed by atoms with Gasteiger partial charge in [0.2, 0.25) is 5.88 Å². The predicted octanol–water partition coefficient (Wildman–Crippen LogP) is 3.07. The zero-order valence-electron chi connectivity index (χ0n) is 14.2. The third kappa shape index (κ3) is 3.52. The van der Waals surface area contributed by atoms with Gasteiger partial charge in [0.05, 0.1) is 12.8 Å². The third-order valence-electron chi connectivity index (χ3n) is 3.84. The average molecular weight is 337 g/mol. The number of nitrogens with one attached hydrogen (secondary N) is 1. The smallest absolute Gasteiger partial charge is 0.274 e. The number of rotatable bonds is 5. The average Bonchev–Trinajstić information content (AvgIpc) is 2.63. The van der Waals surface area contributed by atoms with Crippen LogP contribution in [0.25, 0.3) is 10.8 Å². The molecule has 2 heterocycles. The monoisotopic (exact) mass is 337 g/mol. The minimum Gasteiger partial charge on any atom is -0.481 e. The molecule has 0 aliphatic carbocycles. The fraction of sp³-hybridized carbons (Fsp3) is 0.211. The van der Waals surface area contributed by atoms with E-state index in [-0.39, 0.29) is 17.2 Å². The Kier molecular flexibility index (Phi) is 4.79. The van der Waals surface area contributed by atoms with Gasteiger partial charge in [-0.25, -0.2) is 4.98 Å². The highest BCUT2D eigenvalue weighted by atomic mass is 16.5. The maximum atomic E-state index is 12.6. The number of pyridine rings is 2. The summed E-state index contributed by atoms with van der Waals surface area (Å²) in [4.78, 5) is 28.6. The molecule has 3 aromatic rings. The van der Waals surface area contributed by atoms with Crippen molar-refractivity contribution >= 4 is 22.4 Å². The molecule has 0 atom stereocenters. The second-order valence-electron chi connectivity index (χ2n) is 5.64.